The van der Waals surface area contributed by atoms with Gasteiger partial charge in [-0.3, -0.25) is 0 Å². The Morgan fingerprint density at radius 3 is 3.00 bits per heavy atom. The van der Waals surface area contributed by atoms with Gasteiger partial charge in [0, 0.05) is 29.5 Å². The van der Waals surface area contributed by atoms with E-state index in [0.717, 1.165) is 13.1 Å². The largest absolute Gasteiger partial charge is 0.316 e. The van der Waals surface area contributed by atoms with E-state index in [2.05, 4.69) is 53.0 Å². The van der Waals surface area contributed by atoms with Gasteiger partial charge in [0.05, 0.1) is 6.33 Å². The molecule has 1 fully saturated rings. The normalized spacial score (nSPS) is 23.4. The van der Waals surface area contributed by atoms with E-state index in [-0.39, 0.29) is 5.41 Å². The fourth-order valence-electron chi connectivity index (χ4n) is 2.76. The number of hydrogen-bond donors (Lipinski definition) is 1. The van der Waals surface area contributed by atoms with Crippen LogP contribution in [-0.4, -0.2) is 22.6 Å². The zero-order valence-corrected chi connectivity index (χ0v) is 11.0. The van der Waals surface area contributed by atoms with Crippen molar-refractivity contribution in [1.29, 1.82) is 0 Å². The highest BCUT2D eigenvalue weighted by atomic mass is 15.1. The lowest BCUT2D eigenvalue weighted by molar-refractivity contribution is 0.499. The molecule has 1 aliphatic heterocycles. The third kappa shape index (κ3) is 1.85. The molecule has 1 atom stereocenters. The third-order valence-electron chi connectivity index (χ3n) is 3.91. The van der Waals surface area contributed by atoms with Gasteiger partial charge in [-0.2, -0.15) is 0 Å². The Kier molecular flexibility index (Phi) is 2.71. The first-order chi connectivity index (χ1) is 8.69. The van der Waals surface area contributed by atoms with Crippen LogP contribution in [0.3, 0.4) is 0 Å². The van der Waals surface area contributed by atoms with E-state index in [4.69, 9.17) is 0 Å². The molecule has 94 valence electrons. The quantitative estimate of drug-likeness (QED) is 0.875. The van der Waals surface area contributed by atoms with E-state index in [1.807, 2.05) is 12.5 Å². The van der Waals surface area contributed by atoms with Crippen LogP contribution in [0.15, 0.2) is 36.8 Å². The van der Waals surface area contributed by atoms with Crippen molar-refractivity contribution in [1.82, 2.24) is 14.9 Å². The van der Waals surface area contributed by atoms with Gasteiger partial charge >= 0.3 is 0 Å². The maximum atomic E-state index is 4.35. The van der Waals surface area contributed by atoms with Crippen LogP contribution in [0.2, 0.25) is 0 Å². The van der Waals surface area contributed by atoms with E-state index in [0.29, 0.717) is 0 Å². The predicted octanol–water partition coefficient (Wildman–Crippen LogP) is 2.43. The van der Waals surface area contributed by atoms with Crippen LogP contribution >= 0.6 is 0 Å². The van der Waals surface area contributed by atoms with Crippen molar-refractivity contribution in [3.8, 4) is 5.69 Å². The number of nitrogens with zero attached hydrogens (tertiary/aromatic N) is 2. The summed E-state index contributed by atoms with van der Waals surface area (Å²) in [5.41, 5.74) is 3.98. The van der Waals surface area contributed by atoms with Gasteiger partial charge in [0.15, 0.2) is 0 Å². The molecule has 0 spiro atoms. The van der Waals surface area contributed by atoms with E-state index in [9.17, 15) is 0 Å². The van der Waals surface area contributed by atoms with E-state index >= 15 is 0 Å². The first-order valence-corrected chi connectivity index (χ1v) is 6.50. The standard InChI is InChI=1S/C15H19N3/c1-12-4-3-5-13(8-12)18-11-17-9-14(18)15(2)6-7-16-10-15/h3-5,8-9,11,16H,6-7,10H2,1-2H3. The Morgan fingerprint density at radius 1 is 1.39 bits per heavy atom. The average Bonchev–Trinajstić information content (AvgIpc) is 2.98. The van der Waals surface area contributed by atoms with E-state index < -0.39 is 0 Å². The molecule has 3 rings (SSSR count). The van der Waals surface area contributed by atoms with Crippen molar-refractivity contribution in [2.45, 2.75) is 25.7 Å². The summed E-state index contributed by atoms with van der Waals surface area (Å²) in [5.74, 6) is 0. The first-order valence-electron chi connectivity index (χ1n) is 6.50. The predicted molar refractivity (Wildman–Crippen MR) is 73.1 cm³/mol. The summed E-state index contributed by atoms with van der Waals surface area (Å²) in [6.45, 7) is 6.56. The van der Waals surface area contributed by atoms with Gasteiger partial charge in [-0.15, -0.1) is 0 Å². The van der Waals surface area contributed by atoms with Gasteiger partial charge in [0.1, 0.15) is 0 Å². The lowest BCUT2D eigenvalue weighted by Gasteiger charge is -2.24. The fraction of sp³-hybridized carbons (Fsp3) is 0.400. The summed E-state index contributed by atoms with van der Waals surface area (Å²) in [7, 11) is 0. The lowest BCUT2D eigenvalue weighted by Crippen LogP contribution is -2.27. The molecular weight excluding hydrogens is 222 g/mol. The smallest absolute Gasteiger partial charge is 0.0994 e. The molecule has 0 radical (unpaired) electrons. The Morgan fingerprint density at radius 2 is 2.28 bits per heavy atom. The van der Waals surface area contributed by atoms with Crippen molar-refractivity contribution < 1.29 is 0 Å². The Balaban J connectivity index is 2.06. The van der Waals surface area contributed by atoms with E-state index in [1.54, 1.807) is 0 Å². The molecule has 1 N–H and O–H groups in total. The highest BCUT2D eigenvalue weighted by Gasteiger charge is 2.33. The van der Waals surface area contributed by atoms with Crippen LogP contribution in [-0.2, 0) is 5.41 Å². The maximum absolute atomic E-state index is 4.35. The second-order valence-corrected chi connectivity index (χ2v) is 5.48. The van der Waals surface area contributed by atoms with Crippen molar-refractivity contribution >= 4 is 0 Å². The van der Waals surface area contributed by atoms with Crippen LogP contribution in [0.4, 0.5) is 0 Å². The van der Waals surface area contributed by atoms with Gasteiger partial charge in [-0.1, -0.05) is 19.1 Å². The number of benzene rings is 1. The molecule has 0 saturated carbocycles. The molecule has 0 amide bonds. The van der Waals surface area contributed by atoms with Crippen LogP contribution < -0.4 is 5.32 Å². The number of rotatable bonds is 2. The first kappa shape index (κ1) is 11.5. The molecule has 1 aromatic carbocycles. The van der Waals surface area contributed by atoms with Gasteiger partial charge < -0.3 is 9.88 Å². The molecule has 1 aromatic heterocycles. The van der Waals surface area contributed by atoms with Crippen molar-refractivity contribution in [2.75, 3.05) is 13.1 Å². The van der Waals surface area contributed by atoms with Gasteiger partial charge in [0.2, 0.25) is 0 Å². The zero-order valence-electron chi connectivity index (χ0n) is 11.0. The number of nitrogens with one attached hydrogen (secondary N) is 1. The van der Waals surface area contributed by atoms with Crippen molar-refractivity contribution in [2.24, 2.45) is 0 Å². The molecule has 0 aliphatic carbocycles. The van der Waals surface area contributed by atoms with Crippen molar-refractivity contribution in [3.63, 3.8) is 0 Å². The van der Waals surface area contributed by atoms with Gasteiger partial charge in [-0.25, -0.2) is 4.98 Å². The minimum Gasteiger partial charge on any atom is -0.316 e. The van der Waals surface area contributed by atoms with Crippen LogP contribution in [0, 0.1) is 6.92 Å². The fourth-order valence-corrected chi connectivity index (χ4v) is 2.76. The summed E-state index contributed by atoms with van der Waals surface area (Å²) in [6.07, 6.45) is 5.10. The Labute approximate surface area is 108 Å². The topological polar surface area (TPSA) is 29.9 Å². The van der Waals surface area contributed by atoms with Crippen LogP contribution in [0.25, 0.3) is 5.69 Å². The maximum Gasteiger partial charge on any atom is 0.0994 e. The van der Waals surface area contributed by atoms with Crippen molar-refractivity contribution in [3.05, 3.63) is 48.0 Å². The number of aromatic nitrogens is 2. The minimum absolute atomic E-state index is 0.195. The monoisotopic (exact) mass is 241 g/mol. The number of hydrogen-bond acceptors (Lipinski definition) is 2. The SMILES string of the molecule is Cc1cccc(-n2cncc2C2(C)CCNC2)c1. The molecule has 3 heteroatoms. The summed E-state index contributed by atoms with van der Waals surface area (Å²) >= 11 is 0. The molecular formula is C15H19N3. The Hall–Kier alpha value is -1.61. The molecule has 1 unspecified atom stereocenters. The highest BCUT2D eigenvalue weighted by molar-refractivity contribution is 5.38. The molecule has 2 heterocycles. The zero-order chi connectivity index (χ0) is 12.6. The molecule has 1 saturated heterocycles. The molecule has 3 nitrogen and oxygen atoms in total. The highest BCUT2D eigenvalue weighted by Crippen LogP contribution is 2.31. The summed E-state index contributed by atoms with van der Waals surface area (Å²) in [6, 6.07) is 8.57. The van der Waals surface area contributed by atoms with Crippen LogP contribution in [0.1, 0.15) is 24.6 Å². The third-order valence-corrected chi connectivity index (χ3v) is 3.91. The average molecular weight is 241 g/mol. The minimum atomic E-state index is 0.195. The summed E-state index contributed by atoms with van der Waals surface area (Å²) in [4.78, 5) is 4.35. The lowest BCUT2D eigenvalue weighted by atomic mass is 9.86. The number of imidazole rings is 1. The van der Waals surface area contributed by atoms with Crippen LogP contribution in [0.5, 0.6) is 0 Å². The molecule has 2 aromatic rings. The second-order valence-electron chi connectivity index (χ2n) is 5.48. The van der Waals surface area contributed by atoms with Gasteiger partial charge in [-0.05, 0) is 37.6 Å². The molecule has 0 bridgehead atoms. The van der Waals surface area contributed by atoms with E-state index in [1.165, 1.54) is 23.4 Å². The van der Waals surface area contributed by atoms with Gasteiger partial charge in [0.25, 0.3) is 0 Å². The Bertz CT molecular complexity index is 550. The number of aryl methyl sites for hydroxylation is 1. The second kappa shape index (κ2) is 4.25. The molecule has 18 heavy (non-hydrogen) atoms. The molecule has 1 aliphatic rings. The summed E-state index contributed by atoms with van der Waals surface area (Å²) < 4.78 is 2.22. The summed E-state index contributed by atoms with van der Waals surface area (Å²) in [5, 5.41) is 3.45.